The molecule has 9 heteroatoms. The Bertz CT molecular complexity index is 1330. The van der Waals surface area contributed by atoms with E-state index in [2.05, 4.69) is 0 Å². The van der Waals surface area contributed by atoms with E-state index in [1.807, 2.05) is 24.5 Å². The number of carboxylic acid groups (broad SMARTS) is 1. The highest BCUT2D eigenvalue weighted by molar-refractivity contribution is 7.98. The van der Waals surface area contributed by atoms with Gasteiger partial charge in [0.05, 0.1) is 0 Å². The second-order valence-corrected chi connectivity index (χ2v) is 10.8. The molecule has 1 heterocycles. The number of ketones is 1. The van der Waals surface area contributed by atoms with E-state index in [4.69, 9.17) is 21.1 Å². The smallest absolute Gasteiger partial charge is 0.415 e. The minimum atomic E-state index is -1.43. The molecule has 0 bridgehead atoms. The number of carbonyl (C=O) groups is 3. The number of hydrogen-bond donors (Lipinski definition) is 1. The lowest BCUT2D eigenvalue weighted by atomic mass is 9.84. The average molecular weight is 554 g/mol. The van der Waals surface area contributed by atoms with Gasteiger partial charge < -0.3 is 19.5 Å². The van der Waals surface area contributed by atoms with Gasteiger partial charge in [-0.15, -0.1) is 11.8 Å². The van der Waals surface area contributed by atoms with Crippen molar-refractivity contribution >= 4 is 41.2 Å². The average Bonchev–Trinajstić information content (AvgIpc) is 3.35. The number of rotatable bonds is 8. The fourth-order valence-corrected chi connectivity index (χ4v) is 4.87. The molecule has 1 amide bonds. The maximum absolute atomic E-state index is 13.7. The number of hydrogen-bond acceptors (Lipinski definition) is 6. The zero-order valence-corrected chi connectivity index (χ0v) is 22.8. The first-order valence-corrected chi connectivity index (χ1v) is 13.6. The van der Waals surface area contributed by atoms with Crippen LogP contribution in [0.25, 0.3) is 0 Å². The van der Waals surface area contributed by atoms with Crippen molar-refractivity contribution < 1.29 is 29.0 Å². The number of thioether (sulfide) groups is 1. The van der Waals surface area contributed by atoms with Gasteiger partial charge in [0.15, 0.2) is 11.4 Å². The molecule has 0 saturated carbocycles. The summed E-state index contributed by atoms with van der Waals surface area (Å²) in [4.78, 5) is 40.9. The summed E-state index contributed by atoms with van der Waals surface area (Å²) in [6.07, 6.45) is 1.40. The van der Waals surface area contributed by atoms with E-state index in [-0.39, 0.29) is 24.8 Å². The number of benzene rings is 3. The van der Waals surface area contributed by atoms with Crippen LogP contribution in [0.2, 0.25) is 5.02 Å². The normalized spacial score (nSPS) is 17.2. The summed E-state index contributed by atoms with van der Waals surface area (Å²) >= 11 is 7.52. The Kier molecular flexibility index (Phi) is 8.33. The molecule has 0 radical (unpaired) electrons. The molecule has 1 fully saturated rings. The van der Waals surface area contributed by atoms with E-state index < -0.39 is 23.6 Å². The Balaban J connectivity index is 1.62. The zero-order valence-electron chi connectivity index (χ0n) is 21.2. The number of amides is 1. The molecule has 1 N–H and O–H groups in total. The van der Waals surface area contributed by atoms with Crippen molar-refractivity contribution in [2.24, 2.45) is 5.92 Å². The summed E-state index contributed by atoms with van der Waals surface area (Å²) in [6.45, 7) is 3.36. The number of halogens is 1. The SMILES string of the molecule is CSc1ccc(C(=O)C2CN(C(=O)Oc3ccc(Cl)cc3)CC2c2cccc(OC(C)(C)C(=O)O)c2)cc1. The Morgan fingerprint density at radius 3 is 2.29 bits per heavy atom. The summed E-state index contributed by atoms with van der Waals surface area (Å²) in [5, 5.41) is 9.98. The highest BCUT2D eigenvalue weighted by Gasteiger charge is 2.41. The van der Waals surface area contributed by atoms with Gasteiger partial charge in [0.25, 0.3) is 0 Å². The molecule has 0 aliphatic carbocycles. The zero-order chi connectivity index (χ0) is 27.4. The van der Waals surface area contributed by atoms with Gasteiger partial charge in [-0.2, -0.15) is 0 Å². The first-order valence-electron chi connectivity index (χ1n) is 12.0. The first kappa shape index (κ1) is 27.5. The van der Waals surface area contributed by atoms with Gasteiger partial charge in [-0.1, -0.05) is 35.9 Å². The van der Waals surface area contributed by atoms with Crippen molar-refractivity contribution in [1.82, 2.24) is 4.90 Å². The van der Waals surface area contributed by atoms with Gasteiger partial charge in [-0.05, 0) is 74.2 Å². The van der Waals surface area contributed by atoms with E-state index >= 15 is 0 Å². The topological polar surface area (TPSA) is 93.1 Å². The van der Waals surface area contributed by atoms with Crippen molar-refractivity contribution in [2.75, 3.05) is 19.3 Å². The van der Waals surface area contributed by atoms with Crippen molar-refractivity contribution in [3.8, 4) is 11.5 Å². The largest absolute Gasteiger partial charge is 0.478 e. The lowest BCUT2D eigenvalue weighted by molar-refractivity contribution is -0.152. The number of aliphatic carboxylic acids is 1. The van der Waals surface area contributed by atoms with Crippen LogP contribution in [0.3, 0.4) is 0 Å². The Morgan fingerprint density at radius 1 is 0.974 bits per heavy atom. The molecule has 2 unspecified atom stereocenters. The van der Waals surface area contributed by atoms with E-state index in [1.54, 1.807) is 66.4 Å². The minimum Gasteiger partial charge on any atom is -0.478 e. The van der Waals surface area contributed by atoms with Crippen molar-refractivity contribution in [2.45, 2.75) is 30.3 Å². The standard InChI is InChI=1S/C29H28ClNO6S/c1-29(2,27(33)34)37-22-6-4-5-19(15-22)24-16-31(28(35)36-21-11-9-20(30)10-12-21)17-25(24)26(32)18-7-13-23(38-3)14-8-18/h4-15,24-25H,16-17H2,1-3H3,(H,33,34). The summed E-state index contributed by atoms with van der Waals surface area (Å²) in [5.41, 5.74) is -0.105. The van der Waals surface area contributed by atoms with Gasteiger partial charge in [-0.3, -0.25) is 4.79 Å². The van der Waals surface area contributed by atoms with E-state index in [0.29, 0.717) is 22.1 Å². The third-order valence-corrected chi connectivity index (χ3v) is 7.48. The molecule has 1 saturated heterocycles. The lowest BCUT2D eigenvalue weighted by Gasteiger charge is -2.23. The molecule has 3 aromatic rings. The number of carboxylic acids is 1. The summed E-state index contributed by atoms with van der Waals surface area (Å²) in [6, 6.07) is 20.9. The molecule has 38 heavy (non-hydrogen) atoms. The van der Waals surface area contributed by atoms with Crippen LogP contribution in [0.5, 0.6) is 11.5 Å². The van der Waals surface area contributed by atoms with Crippen LogP contribution in [0, 0.1) is 5.92 Å². The molecule has 7 nitrogen and oxygen atoms in total. The van der Waals surface area contributed by atoms with Crippen molar-refractivity contribution in [3.05, 3.63) is 88.9 Å². The predicted molar refractivity (Wildman–Crippen MR) is 147 cm³/mol. The molecule has 1 aliphatic rings. The highest BCUT2D eigenvalue weighted by Crippen LogP contribution is 2.37. The van der Waals surface area contributed by atoms with Gasteiger partial charge in [0.2, 0.25) is 0 Å². The number of carbonyl (C=O) groups excluding carboxylic acids is 2. The first-order chi connectivity index (χ1) is 18.1. The molecule has 198 valence electrons. The maximum Gasteiger partial charge on any atom is 0.415 e. The van der Waals surface area contributed by atoms with Crippen LogP contribution in [0.1, 0.15) is 35.7 Å². The second-order valence-electron chi connectivity index (χ2n) is 9.52. The third-order valence-electron chi connectivity index (χ3n) is 6.48. The number of nitrogens with zero attached hydrogens (tertiary/aromatic N) is 1. The molecular weight excluding hydrogens is 526 g/mol. The predicted octanol–water partition coefficient (Wildman–Crippen LogP) is 6.40. The molecule has 3 aromatic carbocycles. The molecule has 0 spiro atoms. The van der Waals surface area contributed by atoms with E-state index in [9.17, 15) is 19.5 Å². The van der Waals surface area contributed by atoms with Gasteiger partial charge in [0, 0.05) is 40.4 Å². The Hall–Kier alpha value is -3.49. The highest BCUT2D eigenvalue weighted by atomic mass is 35.5. The fraction of sp³-hybridized carbons (Fsp3) is 0.276. The Labute approximate surface area is 230 Å². The fourth-order valence-electron chi connectivity index (χ4n) is 4.34. The quantitative estimate of drug-likeness (QED) is 0.255. The lowest BCUT2D eigenvalue weighted by Crippen LogP contribution is -2.37. The van der Waals surface area contributed by atoms with Crippen molar-refractivity contribution in [1.29, 1.82) is 0 Å². The number of likely N-dealkylation sites (tertiary alicyclic amines) is 1. The molecule has 4 rings (SSSR count). The molecule has 0 aromatic heterocycles. The van der Waals surface area contributed by atoms with Gasteiger partial charge >= 0.3 is 12.1 Å². The summed E-state index contributed by atoms with van der Waals surface area (Å²) < 4.78 is 11.3. The number of Topliss-reactive ketones (excluding diaryl/α,β-unsaturated/α-hetero) is 1. The molecule has 2 atom stereocenters. The van der Waals surface area contributed by atoms with Crippen molar-refractivity contribution in [3.63, 3.8) is 0 Å². The second kappa shape index (κ2) is 11.5. The van der Waals surface area contributed by atoms with Crippen LogP contribution < -0.4 is 9.47 Å². The molecule has 1 aliphatic heterocycles. The summed E-state index contributed by atoms with van der Waals surface area (Å²) in [5.74, 6) is -1.34. The van der Waals surface area contributed by atoms with Gasteiger partial charge in [0.1, 0.15) is 11.5 Å². The van der Waals surface area contributed by atoms with Crippen LogP contribution in [0.4, 0.5) is 4.79 Å². The monoisotopic (exact) mass is 553 g/mol. The number of ether oxygens (including phenoxy) is 2. The Morgan fingerprint density at radius 2 is 1.66 bits per heavy atom. The van der Waals surface area contributed by atoms with Crippen LogP contribution in [-0.2, 0) is 4.79 Å². The van der Waals surface area contributed by atoms with Gasteiger partial charge in [-0.25, -0.2) is 9.59 Å². The maximum atomic E-state index is 13.7. The summed E-state index contributed by atoms with van der Waals surface area (Å²) in [7, 11) is 0. The molecular formula is C29H28ClNO6S. The minimum absolute atomic E-state index is 0.0818. The van der Waals surface area contributed by atoms with E-state index in [0.717, 1.165) is 10.5 Å². The van der Waals surface area contributed by atoms with Crippen LogP contribution in [0.15, 0.2) is 77.7 Å². The van der Waals surface area contributed by atoms with Crippen LogP contribution >= 0.6 is 23.4 Å². The third kappa shape index (κ3) is 6.31. The van der Waals surface area contributed by atoms with E-state index in [1.165, 1.54) is 18.7 Å². The van der Waals surface area contributed by atoms with Crippen LogP contribution in [-0.4, -0.2) is 52.8 Å².